The Morgan fingerprint density at radius 2 is 1.70 bits per heavy atom. The van der Waals surface area contributed by atoms with Crippen LogP contribution in [-0.4, -0.2) is 19.1 Å². The molecule has 1 spiro atoms. The first-order chi connectivity index (χ1) is 14.5. The van der Waals surface area contributed by atoms with Crippen molar-refractivity contribution in [3.05, 3.63) is 81.9 Å². The van der Waals surface area contributed by atoms with E-state index in [1.54, 1.807) is 18.2 Å². The second kappa shape index (κ2) is 6.67. The largest absolute Gasteiger partial charge is 0.456 e. The number of carbonyl (C=O) groups is 1. The van der Waals surface area contributed by atoms with Crippen molar-refractivity contribution in [3.63, 3.8) is 0 Å². The second-order valence-electron chi connectivity index (χ2n) is 7.44. The molecule has 5 nitrogen and oxygen atoms in total. The molecule has 3 aromatic carbocycles. The zero-order valence-corrected chi connectivity index (χ0v) is 17.5. The van der Waals surface area contributed by atoms with Crippen LogP contribution in [0.25, 0.3) is 0 Å². The first-order valence-corrected chi connectivity index (χ1v) is 10.4. The molecular formula is C24H21ClN2O3. The van der Waals surface area contributed by atoms with Gasteiger partial charge in [0.25, 0.3) is 0 Å². The Morgan fingerprint density at radius 3 is 2.47 bits per heavy atom. The number of hydrogen-bond acceptors (Lipinski definition) is 5. The minimum absolute atomic E-state index is 0.370. The lowest BCUT2D eigenvalue weighted by Gasteiger charge is -2.37. The van der Waals surface area contributed by atoms with E-state index in [9.17, 15) is 4.79 Å². The third-order valence-corrected chi connectivity index (χ3v) is 6.27. The molecule has 2 N–H and O–H groups in total. The van der Waals surface area contributed by atoms with Gasteiger partial charge in [-0.25, -0.2) is 4.79 Å². The van der Waals surface area contributed by atoms with Gasteiger partial charge in [0.05, 0.1) is 16.3 Å². The van der Waals surface area contributed by atoms with Crippen molar-refractivity contribution in [1.29, 1.82) is 0 Å². The molecule has 2 aliphatic heterocycles. The fourth-order valence-corrected chi connectivity index (χ4v) is 4.64. The van der Waals surface area contributed by atoms with Crippen LogP contribution in [0.2, 0.25) is 5.02 Å². The van der Waals surface area contributed by atoms with Crippen molar-refractivity contribution < 1.29 is 14.3 Å². The summed E-state index contributed by atoms with van der Waals surface area (Å²) >= 11 is 6.30. The van der Waals surface area contributed by atoms with Gasteiger partial charge in [0.15, 0.2) is 5.60 Å². The highest BCUT2D eigenvalue weighted by molar-refractivity contribution is 6.33. The molecule has 2 aliphatic rings. The molecular weight excluding hydrogens is 400 g/mol. The molecule has 0 radical (unpaired) electrons. The van der Waals surface area contributed by atoms with Crippen molar-refractivity contribution in [1.82, 2.24) is 0 Å². The summed E-state index contributed by atoms with van der Waals surface area (Å²) in [7, 11) is 0. The summed E-state index contributed by atoms with van der Waals surface area (Å²) in [5.74, 6) is 0.797. The number of halogens is 1. The summed E-state index contributed by atoms with van der Waals surface area (Å²) in [6, 6.07) is 16.9. The number of hydrogen-bond donors (Lipinski definition) is 1. The number of benzene rings is 3. The zero-order valence-electron chi connectivity index (χ0n) is 16.7. The number of fused-ring (bicyclic) bond motifs is 6. The summed E-state index contributed by atoms with van der Waals surface area (Å²) in [6.07, 6.45) is 0. The first-order valence-electron chi connectivity index (χ1n) is 9.99. The molecule has 0 bridgehead atoms. The first kappa shape index (κ1) is 18.8. The van der Waals surface area contributed by atoms with Crippen LogP contribution < -0.4 is 15.4 Å². The summed E-state index contributed by atoms with van der Waals surface area (Å²) in [5.41, 5.74) is 9.21. The van der Waals surface area contributed by atoms with Crippen LogP contribution in [0.4, 0.5) is 11.4 Å². The van der Waals surface area contributed by atoms with Gasteiger partial charge in [0.1, 0.15) is 11.5 Å². The van der Waals surface area contributed by atoms with Crippen LogP contribution in [0.5, 0.6) is 11.5 Å². The van der Waals surface area contributed by atoms with E-state index < -0.39 is 5.60 Å². The van der Waals surface area contributed by atoms with Gasteiger partial charge in [-0.3, -0.25) is 0 Å². The van der Waals surface area contributed by atoms with E-state index >= 15 is 0 Å². The lowest BCUT2D eigenvalue weighted by molar-refractivity contribution is 0.0224. The fraction of sp³-hybridized carbons (Fsp3) is 0.208. The molecule has 0 saturated heterocycles. The Kier molecular flexibility index (Phi) is 4.19. The third-order valence-electron chi connectivity index (χ3n) is 5.94. The molecule has 30 heavy (non-hydrogen) atoms. The Labute approximate surface area is 180 Å². The van der Waals surface area contributed by atoms with Crippen molar-refractivity contribution in [3.8, 4) is 11.5 Å². The van der Waals surface area contributed by atoms with E-state index in [1.165, 1.54) is 0 Å². The minimum Gasteiger partial charge on any atom is -0.456 e. The third kappa shape index (κ3) is 2.45. The number of rotatable bonds is 3. The normalized spacial score (nSPS) is 18.3. The Balaban J connectivity index is 1.82. The smallest absolute Gasteiger partial charge is 0.340 e. The second-order valence-corrected chi connectivity index (χ2v) is 7.85. The minimum atomic E-state index is -1.13. The number of nitrogen functional groups attached to an aromatic ring is 1. The SMILES string of the molecule is CCN(CC)c1ccc2c(c1)Oc1cc(Cl)c(N)cc1[C@]21OC(=O)c2ccccc21. The topological polar surface area (TPSA) is 64.8 Å². The number of nitrogens with zero attached hydrogens (tertiary/aromatic N) is 1. The molecule has 0 amide bonds. The standard InChI is InChI=1S/C24H21ClN2O3/c1-3-27(4-2)14-9-10-17-21(11-14)29-22-13-19(25)20(26)12-18(22)24(17)16-8-6-5-7-15(16)23(28)30-24/h5-13H,3-4,26H2,1-2H3/t24-/m1/s1. The summed E-state index contributed by atoms with van der Waals surface area (Å²) < 4.78 is 12.4. The van der Waals surface area contributed by atoms with Crippen LogP contribution in [0, 0.1) is 0 Å². The summed E-state index contributed by atoms with van der Waals surface area (Å²) in [6.45, 7) is 5.96. The Morgan fingerprint density at radius 1 is 0.967 bits per heavy atom. The molecule has 6 heteroatoms. The van der Waals surface area contributed by atoms with Crippen LogP contribution >= 0.6 is 11.6 Å². The Bertz CT molecular complexity index is 1190. The van der Waals surface area contributed by atoms with Gasteiger partial charge in [-0.05, 0) is 38.1 Å². The maximum atomic E-state index is 12.8. The van der Waals surface area contributed by atoms with Crippen LogP contribution in [0.15, 0.2) is 54.6 Å². The molecule has 152 valence electrons. The van der Waals surface area contributed by atoms with E-state index in [2.05, 4.69) is 18.7 Å². The van der Waals surface area contributed by atoms with Gasteiger partial charge in [0, 0.05) is 47.6 Å². The average Bonchev–Trinajstić information content (AvgIpc) is 3.04. The maximum absolute atomic E-state index is 12.8. The number of anilines is 2. The van der Waals surface area contributed by atoms with Gasteiger partial charge in [0.2, 0.25) is 0 Å². The van der Waals surface area contributed by atoms with E-state index in [0.717, 1.165) is 29.9 Å². The molecule has 3 aromatic rings. The predicted molar refractivity (Wildman–Crippen MR) is 118 cm³/mol. The summed E-state index contributed by atoms with van der Waals surface area (Å²) in [4.78, 5) is 15.1. The molecule has 0 aromatic heterocycles. The highest BCUT2D eigenvalue weighted by Crippen LogP contribution is 2.57. The molecule has 0 unspecified atom stereocenters. The van der Waals surface area contributed by atoms with Crippen molar-refractivity contribution in [2.45, 2.75) is 19.4 Å². The summed E-state index contributed by atoms with van der Waals surface area (Å²) in [5, 5.41) is 0.393. The van der Waals surface area contributed by atoms with Gasteiger partial charge < -0.3 is 20.1 Å². The predicted octanol–water partition coefficient (Wildman–Crippen LogP) is 5.34. The van der Waals surface area contributed by atoms with Crippen LogP contribution in [0.1, 0.15) is 40.9 Å². The lowest BCUT2D eigenvalue weighted by Crippen LogP contribution is -2.33. The van der Waals surface area contributed by atoms with Crippen molar-refractivity contribution >= 4 is 28.9 Å². The monoisotopic (exact) mass is 420 g/mol. The van der Waals surface area contributed by atoms with Gasteiger partial charge in [-0.1, -0.05) is 29.8 Å². The number of ether oxygens (including phenoxy) is 2. The quantitative estimate of drug-likeness (QED) is 0.458. The van der Waals surface area contributed by atoms with Crippen molar-refractivity contribution in [2.75, 3.05) is 23.7 Å². The zero-order chi connectivity index (χ0) is 21.0. The molecule has 5 rings (SSSR count). The highest BCUT2D eigenvalue weighted by Gasteiger charge is 2.53. The van der Waals surface area contributed by atoms with E-state index in [4.69, 9.17) is 26.8 Å². The van der Waals surface area contributed by atoms with E-state index in [1.807, 2.05) is 36.4 Å². The van der Waals surface area contributed by atoms with Crippen LogP contribution in [0.3, 0.4) is 0 Å². The molecule has 0 fully saturated rings. The molecule has 1 atom stereocenters. The van der Waals surface area contributed by atoms with Gasteiger partial charge >= 0.3 is 5.97 Å². The maximum Gasteiger partial charge on any atom is 0.340 e. The Hall–Kier alpha value is -3.18. The van der Waals surface area contributed by atoms with Gasteiger partial charge in [-0.15, -0.1) is 0 Å². The number of esters is 1. The number of carbonyl (C=O) groups excluding carboxylic acids is 1. The molecule has 0 aliphatic carbocycles. The average molecular weight is 421 g/mol. The van der Waals surface area contributed by atoms with Crippen molar-refractivity contribution in [2.24, 2.45) is 0 Å². The van der Waals surface area contributed by atoms with Gasteiger partial charge in [-0.2, -0.15) is 0 Å². The lowest BCUT2D eigenvalue weighted by atomic mass is 9.77. The molecule has 0 saturated carbocycles. The van der Waals surface area contributed by atoms with E-state index in [0.29, 0.717) is 33.3 Å². The highest BCUT2D eigenvalue weighted by atomic mass is 35.5. The fourth-order valence-electron chi connectivity index (χ4n) is 4.48. The van der Waals surface area contributed by atoms with Crippen LogP contribution in [-0.2, 0) is 10.3 Å². The molecule has 2 heterocycles. The number of nitrogens with two attached hydrogens (primary N) is 1. The van der Waals surface area contributed by atoms with E-state index in [-0.39, 0.29) is 5.97 Å².